The average Bonchev–Trinajstić information content (AvgIpc) is 1.61. The van der Waals surface area contributed by atoms with E-state index in [1.165, 1.54) is 89.0 Å². The van der Waals surface area contributed by atoms with Crippen LogP contribution in [0.4, 0.5) is 0 Å². The number of hydrogen-bond acceptors (Lipinski definition) is 13. The van der Waals surface area contributed by atoms with Crippen LogP contribution in [0.15, 0.2) is 389 Å². The molecular weight excluding hydrogens is 1650 g/mol. The molecule has 0 bridgehead atoms. The van der Waals surface area contributed by atoms with Gasteiger partial charge in [-0.25, -0.2) is 44.9 Å². The third-order valence-electron chi connectivity index (χ3n) is 28.2. The van der Waals surface area contributed by atoms with Gasteiger partial charge in [-0.05, 0) is 179 Å². The van der Waals surface area contributed by atoms with Crippen molar-refractivity contribution in [2.24, 2.45) is 0 Å². The Morgan fingerprint density at radius 3 is 1.01 bits per heavy atom. The molecule has 0 unspecified atom stereocenters. The summed E-state index contributed by atoms with van der Waals surface area (Å²) in [5, 5.41) is 6.84. The topological polar surface area (TPSA) is 168 Å². The van der Waals surface area contributed by atoms with Gasteiger partial charge in [-0.15, -0.1) is 0 Å². The third-order valence-corrected chi connectivity index (χ3v) is 28.2. The largest absolute Gasteiger partial charge is 0.456 e. The van der Waals surface area contributed by atoms with Gasteiger partial charge in [0.15, 0.2) is 52.4 Å². The SMILES string of the molecule is CC1(C)c2cc3c(cc2-c2cccc(-c4nc(-c5ccccc5)nc(-c5ccccc5)n4)c21)oc1ccccc13.CC1(C)c2cc3c(cc2-c2cccc(-c4nc(-c5ccccc5)nc(-c5ccccn5)n4)c21)oc1ccccc13.CC1(C)c2ccccc2-c2cc3oc4cc(-c5cccc(-c6nc(-c7ccccc7)nc(-c7cccc8c7-c7ccccc7C8(C)C)n6)c5)ccc4c3cc21. The molecule has 16 aromatic carbocycles. The number of pyridine rings is 1. The van der Waals surface area contributed by atoms with Gasteiger partial charge in [0.05, 0.1) is 0 Å². The zero-order valence-corrected chi connectivity index (χ0v) is 75.5. The van der Waals surface area contributed by atoms with Crippen molar-refractivity contribution in [2.75, 3.05) is 0 Å². The fraction of sp³-hybridized carbons (Fsp3) is 0.0984. The van der Waals surface area contributed by atoms with Crippen molar-refractivity contribution in [1.29, 1.82) is 0 Å². The molecule has 0 amide bonds. The minimum Gasteiger partial charge on any atom is -0.456 e. The second-order valence-electron chi connectivity index (χ2n) is 37.6. The standard InChI is InChI=1S/C51H37N3O.C36H25N3O.C35H24N4O/c1-50(2)41-22-11-9-19-36(41)46-37(20-13-23-42(46)50)49-53-47(30-14-6-5-7-15-30)52-48(54-49)33-17-12-16-31(26-33)32-24-25-35-39-28-43-38(29-45(39)55-44(35)27-32)34-18-8-10-21-40(34)51(43,3)4;1-36(2)29-20-28-24-16-9-10-19-30(24)40-31(28)21-27(29)25-17-11-18-26(32(25)36)35-38-33(22-12-5-3-6-13-22)37-34(39-35)23-14-7-4-8-15-23;1-35(2)27-19-26-22-13-6-7-17-29(22)40-30(26)20-25(27)23-14-10-15-24(31(23)35)33-37-32(21-11-4-3-5-12-21)38-34(39-33)28-16-8-9-18-36-28/h5-29H,1-4H3;3-21H,1-2H3;3-20H,1-2H3. The number of hydrogen-bond donors (Lipinski definition) is 0. The van der Waals surface area contributed by atoms with Gasteiger partial charge in [-0.3, -0.25) is 4.98 Å². The molecule has 27 rings (SSSR count). The van der Waals surface area contributed by atoms with E-state index in [2.05, 4.69) is 279 Å². The molecule has 135 heavy (non-hydrogen) atoms. The highest BCUT2D eigenvalue weighted by atomic mass is 16.3. The summed E-state index contributed by atoms with van der Waals surface area (Å²) < 4.78 is 19.1. The zero-order valence-electron chi connectivity index (χ0n) is 75.5. The molecule has 4 aliphatic rings. The van der Waals surface area contributed by atoms with Crippen LogP contribution in [0.5, 0.6) is 0 Å². The third kappa shape index (κ3) is 13.1. The van der Waals surface area contributed by atoms with Gasteiger partial charge in [0.1, 0.15) is 39.2 Å². The van der Waals surface area contributed by atoms with E-state index < -0.39 is 0 Å². The van der Waals surface area contributed by atoms with Crippen molar-refractivity contribution < 1.29 is 13.3 Å². The molecular formula is C122H86N10O3. The van der Waals surface area contributed by atoms with Crippen molar-refractivity contribution in [2.45, 2.75) is 77.0 Å². The van der Waals surface area contributed by atoms with E-state index in [-0.39, 0.29) is 21.7 Å². The number of para-hydroxylation sites is 2. The minimum atomic E-state index is -0.279. The van der Waals surface area contributed by atoms with Gasteiger partial charge in [-0.2, -0.15) is 0 Å². The molecule has 13 nitrogen and oxygen atoms in total. The van der Waals surface area contributed by atoms with Crippen LogP contribution in [0.1, 0.15) is 99.9 Å². The summed E-state index contributed by atoms with van der Waals surface area (Å²) in [5.41, 5.74) is 35.4. The van der Waals surface area contributed by atoms with Gasteiger partial charge in [0.2, 0.25) is 0 Å². The Morgan fingerprint density at radius 1 is 0.178 bits per heavy atom. The van der Waals surface area contributed by atoms with Crippen LogP contribution in [-0.2, 0) is 21.7 Å². The lowest BCUT2D eigenvalue weighted by atomic mass is 9.79. The van der Waals surface area contributed by atoms with Crippen LogP contribution in [0.3, 0.4) is 0 Å². The van der Waals surface area contributed by atoms with E-state index >= 15 is 0 Å². The maximum absolute atomic E-state index is 6.61. The summed E-state index contributed by atoms with van der Waals surface area (Å²) in [6.45, 7) is 18.4. The summed E-state index contributed by atoms with van der Waals surface area (Å²) >= 11 is 0. The zero-order chi connectivity index (χ0) is 90.7. The van der Waals surface area contributed by atoms with E-state index in [1.807, 2.05) is 152 Å². The number of benzene rings is 16. The molecule has 0 saturated carbocycles. The first-order valence-electron chi connectivity index (χ1n) is 46.0. The predicted octanol–water partition coefficient (Wildman–Crippen LogP) is 30.6. The van der Waals surface area contributed by atoms with Crippen molar-refractivity contribution in [1.82, 2.24) is 49.8 Å². The van der Waals surface area contributed by atoms with Crippen LogP contribution in [0.2, 0.25) is 0 Å². The maximum atomic E-state index is 6.61. The van der Waals surface area contributed by atoms with E-state index in [9.17, 15) is 0 Å². The summed E-state index contributed by atoms with van der Waals surface area (Å²) in [7, 11) is 0. The predicted molar refractivity (Wildman–Crippen MR) is 544 cm³/mol. The molecule has 13 heteroatoms. The molecule has 7 aromatic heterocycles. The molecule has 0 saturated heterocycles. The van der Waals surface area contributed by atoms with Gasteiger partial charge in [0.25, 0.3) is 0 Å². The van der Waals surface area contributed by atoms with E-state index in [1.54, 1.807) is 6.20 Å². The lowest BCUT2D eigenvalue weighted by molar-refractivity contribution is 0.657. The highest BCUT2D eigenvalue weighted by Gasteiger charge is 2.43. The second-order valence-corrected chi connectivity index (χ2v) is 37.6. The first-order chi connectivity index (χ1) is 65.9. The second kappa shape index (κ2) is 30.9. The molecule has 642 valence electrons. The Kier molecular flexibility index (Phi) is 18.3. The molecule has 0 fully saturated rings. The van der Waals surface area contributed by atoms with E-state index in [0.717, 1.165) is 121 Å². The van der Waals surface area contributed by atoms with Crippen LogP contribution < -0.4 is 0 Å². The molecule has 0 radical (unpaired) electrons. The number of aromatic nitrogens is 10. The van der Waals surface area contributed by atoms with E-state index in [4.69, 9.17) is 58.1 Å². The van der Waals surface area contributed by atoms with Gasteiger partial charge >= 0.3 is 0 Å². The average molecular weight is 1740 g/mol. The molecule has 0 atom stereocenters. The summed E-state index contributed by atoms with van der Waals surface area (Å²) in [6.07, 6.45) is 1.76. The van der Waals surface area contributed by atoms with Crippen molar-refractivity contribution >= 4 is 65.8 Å². The highest BCUT2D eigenvalue weighted by Crippen LogP contribution is 2.58. The lowest BCUT2D eigenvalue weighted by Gasteiger charge is -2.24. The number of nitrogens with zero attached hydrogens (tertiary/aromatic N) is 10. The smallest absolute Gasteiger partial charge is 0.182 e. The fourth-order valence-corrected chi connectivity index (χ4v) is 21.6. The maximum Gasteiger partial charge on any atom is 0.182 e. The summed E-state index contributed by atoms with van der Waals surface area (Å²) in [6, 6.07) is 128. The Labute approximate surface area is 779 Å². The van der Waals surface area contributed by atoms with Crippen molar-refractivity contribution in [3.05, 3.63) is 421 Å². The van der Waals surface area contributed by atoms with Gasteiger partial charge < -0.3 is 13.3 Å². The Hall–Kier alpha value is -16.9. The minimum absolute atomic E-state index is 0.0685. The fourth-order valence-electron chi connectivity index (χ4n) is 21.6. The lowest BCUT2D eigenvalue weighted by Crippen LogP contribution is -2.17. The quantitative estimate of drug-likeness (QED) is 0.127. The summed E-state index contributed by atoms with van der Waals surface area (Å²) in [4.78, 5) is 49.8. The summed E-state index contributed by atoms with van der Waals surface area (Å²) in [5.74, 6) is 5.78. The van der Waals surface area contributed by atoms with Gasteiger partial charge in [-0.1, -0.05) is 347 Å². The van der Waals surface area contributed by atoms with Crippen LogP contribution in [-0.4, -0.2) is 49.8 Å². The highest BCUT2D eigenvalue weighted by molar-refractivity contribution is 6.11. The first kappa shape index (κ1) is 80.2. The Balaban J connectivity index is 0.000000110. The number of fused-ring (bicyclic) bond motifs is 21. The molecule has 7 heterocycles. The molecule has 0 spiro atoms. The van der Waals surface area contributed by atoms with Gasteiger partial charge in [0, 0.05) is 105 Å². The Bertz CT molecular complexity index is 8380. The molecule has 4 aliphatic carbocycles. The van der Waals surface area contributed by atoms with Crippen LogP contribution >= 0.6 is 0 Å². The molecule has 0 N–H and O–H groups in total. The van der Waals surface area contributed by atoms with Crippen LogP contribution in [0, 0.1) is 0 Å². The number of furan rings is 3. The van der Waals surface area contributed by atoms with Crippen LogP contribution in [0.25, 0.3) is 224 Å². The molecule has 23 aromatic rings. The van der Waals surface area contributed by atoms with E-state index in [0.29, 0.717) is 58.1 Å². The number of rotatable bonds is 10. The van der Waals surface area contributed by atoms with Crippen molar-refractivity contribution in [3.63, 3.8) is 0 Å². The Morgan fingerprint density at radius 2 is 0.504 bits per heavy atom. The first-order valence-corrected chi connectivity index (χ1v) is 46.0. The monoisotopic (exact) mass is 1740 g/mol. The van der Waals surface area contributed by atoms with Crippen molar-refractivity contribution in [3.8, 4) is 158 Å². The molecule has 0 aliphatic heterocycles. The normalized spacial score (nSPS) is 13.9.